The highest BCUT2D eigenvalue weighted by Gasteiger charge is 2.21. The second kappa shape index (κ2) is 6.14. The molecule has 0 atom stereocenters. The number of rotatable bonds is 4. The molecule has 0 amide bonds. The molecule has 0 aliphatic rings. The van der Waals surface area contributed by atoms with Crippen LogP contribution in [0.15, 0.2) is 24.3 Å². The Labute approximate surface area is 146 Å². The number of aryl methyl sites for hydroxylation is 1. The lowest BCUT2D eigenvalue weighted by Gasteiger charge is -2.03. The minimum atomic E-state index is -0.453. The van der Waals surface area contributed by atoms with Crippen LogP contribution in [0.5, 0.6) is 0 Å². The molecule has 10 heteroatoms. The summed E-state index contributed by atoms with van der Waals surface area (Å²) in [6.07, 6.45) is 0.557. The molecule has 3 heterocycles. The minimum absolute atomic E-state index is 0.0727. The summed E-state index contributed by atoms with van der Waals surface area (Å²) in [4.78, 5) is 16.0. The first kappa shape index (κ1) is 16.1. The van der Waals surface area contributed by atoms with Gasteiger partial charge in [0, 0.05) is 6.42 Å². The molecule has 4 rings (SSSR count). The van der Waals surface area contributed by atoms with Crippen LogP contribution in [0.1, 0.15) is 18.4 Å². The molecular formula is C16H14FN7O2. The summed E-state index contributed by atoms with van der Waals surface area (Å²) in [6, 6.07) is 5.81. The Morgan fingerprint density at radius 3 is 2.65 bits per heavy atom. The maximum Gasteiger partial charge on any atom is 0.311 e. The van der Waals surface area contributed by atoms with E-state index >= 15 is 0 Å². The smallest absolute Gasteiger partial charge is 0.311 e. The fourth-order valence-corrected chi connectivity index (χ4v) is 2.62. The van der Waals surface area contributed by atoms with Crippen molar-refractivity contribution in [3.05, 3.63) is 41.6 Å². The van der Waals surface area contributed by atoms with Crippen molar-refractivity contribution in [2.75, 3.05) is 7.11 Å². The zero-order chi connectivity index (χ0) is 18.3. The van der Waals surface area contributed by atoms with Crippen molar-refractivity contribution in [2.24, 2.45) is 0 Å². The first-order valence-electron chi connectivity index (χ1n) is 7.93. The van der Waals surface area contributed by atoms with Gasteiger partial charge in [-0.25, -0.2) is 9.07 Å². The lowest BCUT2D eigenvalue weighted by molar-refractivity contribution is -0.139. The average Bonchev–Trinajstić information content (AvgIpc) is 3.23. The number of halogens is 1. The van der Waals surface area contributed by atoms with E-state index in [1.165, 1.54) is 23.8 Å². The van der Waals surface area contributed by atoms with Crippen molar-refractivity contribution in [3.8, 4) is 5.69 Å². The predicted octanol–water partition coefficient (Wildman–Crippen LogP) is 1.28. The van der Waals surface area contributed by atoms with Crippen LogP contribution in [0, 0.1) is 5.82 Å². The van der Waals surface area contributed by atoms with Crippen LogP contribution in [0.3, 0.4) is 0 Å². The molecule has 0 aliphatic carbocycles. The van der Waals surface area contributed by atoms with Crippen LogP contribution in [0.25, 0.3) is 22.6 Å². The molecule has 0 bridgehead atoms. The molecule has 3 aromatic heterocycles. The van der Waals surface area contributed by atoms with E-state index in [1.807, 2.05) is 6.92 Å². The average molecular weight is 355 g/mol. The zero-order valence-electron chi connectivity index (χ0n) is 14.0. The van der Waals surface area contributed by atoms with Gasteiger partial charge in [0.2, 0.25) is 0 Å². The molecule has 0 fully saturated rings. The van der Waals surface area contributed by atoms with Crippen molar-refractivity contribution in [1.82, 2.24) is 34.6 Å². The molecule has 26 heavy (non-hydrogen) atoms. The van der Waals surface area contributed by atoms with Gasteiger partial charge in [0.25, 0.3) is 5.78 Å². The second-order valence-corrected chi connectivity index (χ2v) is 5.55. The highest BCUT2D eigenvalue weighted by Crippen LogP contribution is 2.21. The van der Waals surface area contributed by atoms with Crippen LogP contribution in [-0.4, -0.2) is 47.7 Å². The predicted molar refractivity (Wildman–Crippen MR) is 88.3 cm³/mol. The van der Waals surface area contributed by atoms with Crippen LogP contribution < -0.4 is 0 Å². The highest BCUT2D eigenvalue weighted by molar-refractivity contribution is 5.82. The number of carbonyl (C=O) groups excluding carboxylic acids is 1. The molecule has 0 N–H and O–H groups in total. The quantitative estimate of drug-likeness (QED) is 0.508. The van der Waals surface area contributed by atoms with Crippen molar-refractivity contribution < 1.29 is 13.9 Å². The molecule has 0 saturated carbocycles. The Bertz CT molecular complexity index is 1120. The molecule has 132 valence electrons. The molecule has 1 aromatic carbocycles. The van der Waals surface area contributed by atoms with Crippen molar-refractivity contribution >= 4 is 22.9 Å². The normalized spacial score (nSPS) is 11.3. The van der Waals surface area contributed by atoms with Gasteiger partial charge in [0.15, 0.2) is 17.0 Å². The largest absolute Gasteiger partial charge is 0.469 e. The van der Waals surface area contributed by atoms with Crippen LogP contribution in [0.4, 0.5) is 4.39 Å². The fraction of sp³-hybridized carbons (Fsp3) is 0.250. The number of fused-ring (bicyclic) bond motifs is 3. The lowest BCUT2D eigenvalue weighted by Crippen LogP contribution is -2.06. The summed E-state index contributed by atoms with van der Waals surface area (Å²) in [5.41, 5.74) is 1.88. The number of ether oxygens (including phenoxy) is 1. The number of aromatic nitrogens is 7. The lowest BCUT2D eigenvalue weighted by atomic mass is 10.3. The number of nitrogens with zero attached hydrogens (tertiary/aromatic N) is 7. The van der Waals surface area contributed by atoms with Gasteiger partial charge in [-0.2, -0.15) is 14.6 Å². The first-order valence-corrected chi connectivity index (χ1v) is 7.93. The molecule has 0 spiro atoms. The molecule has 0 saturated heterocycles. The molecular weight excluding hydrogens is 341 g/mol. The van der Waals surface area contributed by atoms with Gasteiger partial charge < -0.3 is 4.74 Å². The summed E-state index contributed by atoms with van der Waals surface area (Å²) in [7, 11) is 1.30. The number of methoxy groups -OCH3 is 1. The SMILES string of the molecule is CCc1nc2nnc3c(CC(=O)OC)nn(-c4ccc(F)cc4)c3n2n1. The number of hydrogen-bond donors (Lipinski definition) is 0. The second-order valence-electron chi connectivity index (χ2n) is 5.55. The fourth-order valence-electron chi connectivity index (χ4n) is 2.62. The Hall–Kier alpha value is -3.43. The van der Waals surface area contributed by atoms with Gasteiger partial charge in [0.1, 0.15) is 11.5 Å². The standard InChI is InChI=1S/C16H14FN7O2/c1-3-12-18-16-20-19-14-11(8-13(25)26-2)21-23(15(14)24(16)22-12)10-6-4-9(17)5-7-10/h4-7H,3,8H2,1-2H3. The molecule has 0 radical (unpaired) electrons. The summed E-state index contributed by atoms with van der Waals surface area (Å²) >= 11 is 0. The monoisotopic (exact) mass is 355 g/mol. The van der Waals surface area contributed by atoms with Crippen molar-refractivity contribution in [2.45, 2.75) is 19.8 Å². The molecule has 9 nitrogen and oxygen atoms in total. The summed E-state index contributed by atoms with van der Waals surface area (Å²) < 4.78 is 21.1. The summed E-state index contributed by atoms with van der Waals surface area (Å²) in [5.74, 6) is 0.111. The zero-order valence-corrected chi connectivity index (χ0v) is 14.0. The van der Waals surface area contributed by atoms with Gasteiger partial charge in [-0.05, 0) is 24.3 Å². The van der Waals surface area contributed by atoms with Gasteiger partial charge in [-0.3, -0.25) is 4.79 Å². The number of esters is 1. The highest BCUT2D eigenvalue weighted by atomic mass is 19.1. The van der Waals surface area contributed by atoms with Gasteiger partial charge in [-0.1, -0.05) is 6.92 Å². The van der Waals surface area contributed by atoms with E-state index in [2.05, 4.69) is 25.4 Å². The van der Waals surface area contributed by atoms with Crippen LogP contribution >= 0.6 is 0 Å². The van der Waals surface area contributed by atoms with E-state index < -0.39 is 5.97 Å². The number of benzene rings is 1. The maximum absolute atomic E-state index is 13.3. The maximum atomic E-state index is 13.3. The number of carbonyl (C=O) groups is 1. The van der Waals surface area contributed by atoms with Gasteiger partial charge in [0.05, 0.1) is 19.2 Å². The third kappa shape index (κ3) is 2.55. The minimum Gasteiger partial charge on any atom is -0.469 e. The molecule has 0 unspecified atom stereocenters. The first-order chi connectivity index (χ1) is 12.6. The van der Waals surface area contributed by atoms with Crippen LogP contribution in [0.2, 0.25) is 0 Å². The van der Waals surface area contributed by atoms with Gasteiger partial charge >= 0.3 is 5.97 Å². The van der Waals surface area contributed by atoms with E-state index in [9.17, 15) is 9.18 Å². The summed E-state index contributed by atoms with van der Waals surface area (Å²) in [6.45, 7) is 1.93. The molecule has 0 aliphatic heterocycles. The van der Waals surface area contributed by atoms with Crippen molar-refractivity contribution in [3.63, 3.8) is 0 Å². The van der Waals surface area contributed by atoms with E-state index in [4.69, 9.17) is 4.74 Å². The molecule has 4 aromatic rings. The van der Waals surface area contributed by atoms with E-state index in [0.29, 0.717) is 40.6 Å². The number of hydrogen-bond acceptors (Lipinski definition) is 7. The third-order valence-electron chi connectivity index (χ3n) is 3.91. The Kier molecular flexibility index (Phi) is 3.79. The van der Waals surface area contributed by atoms with E-state index in [1.54, 1.807) is 16.8 Å². The van der Waals surface area contributed by atoms with E-state index in [-0.39, 0.29) is 12.2 Å². The topological polar surface area (TPSA) is 100 Å². The Morgan fingerprint density at radius 2 is 1.96 bits per heavy atom. The van der Waals surface area contributed by atoms with Crippen molar-refractivity contribution in [1.29, 1.82) is 0 Å². The third-order valence-corrected chi connectivity index (χ3v) is 3.91. The Morgan fingerprint density at radius 1 is 1.19 bits per heavy atom. The van der Waals surface area contributed by atoms with E-state index in [0.717, 1.165) is 0 Å². The van der Waals surface area contributed by atoms with Gasteiger partial charge in [-0.15, -0.1) is 15.3 Å². The Balaban J connectivity index is 2.02. The summed E-state index contributed by atoms with van der Waals surface area (Å²) in [5, 5.41) is 17.1. The van der Waals surface area contributed by atoms with Crippen LogP contribution in [-0.2, 0) is 22.4 Å².